The van der Waals surface area contributed by atoms with E-state index in [1.807, 2.05) is 0 Å². The van der Waals surface area contributed by atoms with Crippen molar-refractivity contribution < 1.29 is 14.3 Å². The maximum absolute atomic E-state index is 12.5. The Kier molecular flexibility index (Phi) is 3.59. The van der Waals surface area contributed by atoms with Gasteiger partial charge in [0.15, 0.2) is 0 Å². The van der Waals surface area contributed by atoms with Gasteiger partial charge in [-0.05, 0) is 12.1 Å². The molecule has 0 N–H and O–H groups in total. The molecule has 2 aliphatic rings. The van der Waals surface area contributed by atoms with E-state index < -0.39 is 22.2 Å². The molecule has 5 nitrogen and oxygen atoms in total. The molecule has 0 radical (unpaired) electrons. The van der Waals surface area contributed by atoms with E-state index >= 15 is 0 Å². The van der Waals surface area contributed by atoms with E-state index in [0.717, 1.165) is 0 Å². The first-order valence-corrected chi connectivity index (χ1v) is 7.33. The molecule has 0 aromatic carbocycles. The average molecular weight is 348 g/mol. The number of rotatable bonds is 1. The van der Waals surface area contributed by atoms with E-state index in [9.17, 15) is 9.59 Å². The van der Waals surface area contributed by atoms with Crippen LogP contribution < -0.4 is 0 Å². The number of ether oxygens (including phenoxy) is 1. The lowest BCUT2D eigenvalue weighted by atomic mass is 10.0. The number of nitrogens with zero attached hydrogens (tertiary/aromatic N) is 2. The Morgan fingerprint density at radius 1 is 1.38 bits per heavy atom. The van der Waals surface area contributed by atoms with Crippen molar-refractivity contribution in [2.75, 3.05) is 7.11 Å². The summed E-state index contributed by atoms with van der Waals surface area (Å²) in [7, 11) is 1.23. The summed E-state index contributed by atoms with van der Waals surface area (Å²) in [4.78, 5) is 29.9. The Balaban J connectivity index is 2.31. The van der Waals surface area contributed by atoms with Crippen molar-refractivity contribution in [1.29, 1.82) is 0 Å². The van der Waals surface area contributed by atoms with Crippen LogP contribution >= 0.6 is 34.8 Å². The SMILES string of the molecule is COC(=O)C1=C2c3ncccc3C(=O)N2[C@H](Cl)[C@H](Cl)[C@H]1Cl. The smallest absolute Gasteiger partial charge is 0.337 e. The summed E-state index contributed by atoms with van der Waals surface area (Å²) in [6, 6.07) is 3.24. The van der Waals surface area contributed by atoms with Crippen molar-refractivity contribution in [1.82, 2.24) is 9.88 Å². The van der Waals surface area contributed by atoms with Gasteiger partial charge in [0, 0.05) is 6.20 Å². The number of fused-ring (bicyclic) bond motifs is 3. The van der Waals surface area contributed by atoms with Crippen molar-refractivity contribution in [2.24, 2.45) is 0 Å². The quantitative estimate of drug-likeness (QED) is 0.444. The number of esters is 1. The highest BCUT2D eigenvalue weighted by Gasteiger charge is 2.50. The number of carbonyl (C=O) groups excluding carboxylic acids is 2. The van der Waals surface area contributed by atoms with E-state index in [1.165, 1.54) is 18.2 Å². The summed E-state index contributed by atoms with van der Waals surface area (Å²) < 4.78 is 4.75. The zero-order chi connectivity index (χ0) is 15.3. The summed E-state index contributed by atoms with van der Waals surface area (Å²) in [5.74, 6) is -1.01. The van der Waals surface area contributed by atoms with E-state index in [0.29, 0.717) is 11.3 Å². The zero-order valence-corrected chi connectivity index (χ0v) is 13.0. The Bertz CT molecular complexity index is 676. The predicted molar refractivity (Wildman–Crippen MR) is 78.3 cm³/mol. The third kappa shape index (κ3) is 1.95. The van der Waals surface area contributed by atoms with E-state index in [2.05, 4.69) is 4.98 Å². The Morgan fingerprint density at radius 3 is 2.76 bits per heavy atom. The van der Waals surface area contributed by atoms with Gasteiger partial charge in [-0.15, -0.1) is 23.2 Å². The number of pyridine rings is 1. The monoisotopic (exact) mass is 346 g/mol. The molecule has 0 saturated heterocycles. The van der Waals surface area contributed by atoms with Crippen LogP contribution in [0.2, 0.25) is 0 Å². The van der Waals surface area contributed by atoms with Crippen LogP contribution in [0.15, 0.2) is 23.9 Å². The fourth-order valence-electron chi connectivity index (χ4n) is 2.50. The number of carbonyl (C=O) groups is 2. The molecule has 0 spiro atoms. The van der Waals surface area contributed by atoms with Crippen molar-refractivity contribution >= 4 is 52.4 Å². The summed E-state index contributed by atoms with van der Waals surface area (Å²) in [6.45, 7) is 0. The maximum Gasteiger partial charge on any atom is 0.337 e. The summed E-state index contributed by atoms with van der Waals surface area (Å²) >= 11 is 18.6. The molecule has 3 heterocycles. The largest absolute Gasteiger partial charge is 0.466 e. The molecule has 21 heavy (non-hydrogen) atoms. The van der Waals surface area contributed by atoms with Gasteiger partial charge in [0.05, 0.1) is 34.7 Å². The number of aromatic nitrogens is 1. The molecule has 1 amide bonds. The molecule has 0 fully saturated rings. The van der Waals surface area contributed by atoms with Crippen LogP contribution in [0.4, 0.5) is 0 Å². The highest BCUT2D eigenvalue weighted by atomic mass is 35.5. The van der Waals surface area contributed by atoms with Crippen LogP contribution in [-0.2, 0) is 9.53 Å². The molecule has 0 bridgehead atoms. The molecule has 110 valence electrons. The maximum atomic E-state index is 12.5. The van der Waals surface area contributed by atoms with Crippen molar-refractivity contribution in [3.63, 3.8) is 0 Å². The molecule has 3 atom stereocenters. The number of hydrogen-bond donors (Lipinski definition) is 0. The minimum absolute atomic E-state index is 0.0990. The van der Waals surface area contributed by atoms with Crippen molar-refractivity contribution in [3.8, 4) is 0 Å². The average Bonchev–Trinajstić information content (AvgIpc) is 2.79. The number of hydrogen-bond acceptors (Lipinski definition) is 4. The van der Waals surface area contributed by atoms with Crippen LogP contribution in [0.5, 0.6) is 0 Å². The van der Waals surface area contributed by atoms with Crippen LogP contribution in [0, 0.1) is 0 Å². The fraction of sp³-hybridized carbons (Fsp3) is 0.308. The van der Waals surface area contributed by atoms with E-state index in [-0.39, 0.29) is 17.2 Å². The number of alkyl halides is 3. The van der Waals surface area contributed by atoms with Gasteiger partial charge in [-0.25, -0.2) is 4.79 Å². The number of amides is 1. The summed E-state index contributed by atoms with van der Waals surface area (Å²) in [5.41, 5.74) is 0.220. The van der Waals surface area contributed by atoms with Gasteiger partial charge in [-0.2, -0.15) is 0 Å². The normalized spacial score (nSPS) is 27.5. The van der Waals surface area contributed by atoms with Crippen LogP contribution in [0.25, 0.3) is 5.70 Å². The van der Waals surface area contributed by atoms with Crippen LogP contribution in [0.3, 0.4) is 0 Å². The number of halogens is 3. The molecule has 1 aromatic heterocycles. The van der Waals surface area contributed by atoms with Gasteiger partial charge >= 0.3 is 5.97 Å². The fourth-order valence-corrected chi connectivity index (χ4v) is 3.47. The van der Waals surface area contributed by atoms with Crippen molar-refractivity contribution in [3.05, 3.63) is 35.2 Å². The van der Waals surface area contributed by atoms with Gasteiger partial charge in [-0.3, -0.25) is 14.7 Å². The Morgan fingerprint density at radius 2 is 2.10 bits per heavy atom. The molecule has 0 saturated carbocycles. The van der Waals surface area contributed by atoms with Gasteiger partial charge in [0.2, 0.25) is 0 Å². The first kappa shape index (κ1) is 14.6. The second-order valence-electron chi connectivity index (χ2n) is 4.55. The van der Waals surface area contributed by atoms with Crippen LogP contribution in [0.1, 0.15) is 16.1 Å². The minimum Gasteiger partial charge on any atom is -0.466 e. The Labute approximate surface area is 135 Å². The van der Waals surface area contributed by atoms with Gasteiger partial charge in [0.1, 0.15) is 11.2 Å². The van der Waals surface area contributed by atoms with E-state index in [4.69, 9.17) is 39.5 Å². The lowest BCUT2D eigenvalue weighted by Crippen LogP contribution is -2.47. The third-order valence-corrected chi connectivity index (χ3v) is 5.15. The first-order chi connectivity index (χ1) is 9.99. The topological polar surface area (TPSA) is 59.5 Å². The van der Waals surface area contributed by atoms with E-state index in [1.54, 1.807) is 12.1 Å². The molecule has 8 heteroatoms. The molecule has 0 unspecified atom stereocenters. The molecule has 1 aromatic rings. The van der Waals surface area contributed by atoms with Gasteiger partial charge in [-0.1, -0.05) is 11.6 Å². The minimum atomic E-state index is -0.881. The molecular formula is C13H9Cl3N2O3. The van der Waals surface area contributed by atoms with Crippen molar-refractivity contribution in [2.45, 2.75) is 16.3 Å². The van der Waals surface area contributed by atoms with Crippen LogP contribution in [-0.4, -0.2) is 45.1 Å². The second kappa shape index (κ2) is 5.16. The molecular weight excluding hydrogens is 339 g/mol. The summed E-state index contributed by atoms with van der Waals surface area (Å²) in [6.07, 6.45) is 1.52. The van der Waals surface area contributed by atoms with Gasteiger partial charge in [0.25, 0.3) is 5.91 Å². The van der Waals surface area contributed by atoms with Gasteiger partial charge < -0.3 is 4.74 Å². The second-order valence-corrected chi connectivity index (χ2v) is 5.97. The number of methoxy groups -OCH3 is 1. The predicted octanol–water partition coefficient (Wildman–Crippen LogP) is 2.21. The highest BCUT2D eigenvalue weighted by molar-refractivity contribution is 6.39. The lowest BCUT2D eigenvalue weighted by Gasteiger charge is -2.36. The molecule has 0 aliphatic carbocycles. The third-order valence-electron chi connectivity index (χ3n) is 3.45. The standard InChI is InChI=1S/C13H9Cl3N2O3/c1-21-13(20)6-7(14)8(15)11(16)18-10(6)9-5(12(18)19)3-2-4-17-9/h2-4,7-8,11H,1H3/t7-,8+,11-/m0/s1. The Hall–Kier alpha value is -1.30. The molecule has 2 aliphatic heterocycles. The zero-order valence-electron chi connectivity index (χ0n) is 10.7. The highest BCUT2D eigenvalue weighted by Crippen LogP contribution is 2.45. The molecule has 3 rings (SSSR count). The first-order valence-electron chi connectivity index (χ1n) is 6.02. The summed E-state index contributed by atoms with van der Waals surface area (Å²) in [5, 5.41) is -1.71. The lowest BCUT2D eigenvalue weighted by molar-refractivity contribution is -0.136.